The first-order valence-electron chi connectivity index (χ1n) is 9.02. The third kappa shape index (κ3) is 3.52. The minimum Gasteiger partial charge on any atom is -0.377 e. The molecule has 1 aromatic heterocycles. The maximum absolute atomic E-state index is 13.7. The first-order valence-corrected chi connectivity index (χ1v) is 9.90. The van der Waals surface area contributed by atoms with Crippen molar-refractivity contribution in [1.82, 2.24) is 9.55 Å². The van der Waals surface area contributed by atoms with Gasteiger partial charge in [-0.25, -0.2) is 0 Å². The number of rotatable bonds is 2. The Kier molecular flexibility index (Phi) is 5.13. The van der Waals surface area contributed by atoms with Crippen molar-refractivity contribution in [2.24, 2.45) is 0 Å². The molecule has 0 amide bonds. The van der Waals surface area contributed by atoms with Crippen LogP contribution < -0.4 is 15.4 Å². The summed E-state index contributed by atoms with van der Waals surface area (Å²) in [5, 5.41) is 7.38. The molecule has 2 atom stereocenters. The van der Waals surface area contributed by atoms with E-state index in [1.165, 1.54) is 10.6 Å². The summed E-state index contributed by atoms with van der Waals surface area (Å²) in [4.78, 5) is 20.9. The Bertz CT molecular complexity index is 856. The summed E-state index contributed by atoms with van der Waals surface area (Å²) in [6, 6.07) is -0.366. The maximum atomic E-state index is 13.7. The second-order valence-electron chi connectivity index (χ2n) is 6.94. The number of alkyl halides is 3. The summed E-state index contributed by atoms with van der Waals surface area (Å²) in [6.45, 7) is 1.37. The lowest BCUT2D eigenvalue weighted by Crippen LogP contribution is -2.54. The Labute approximate surface area is 163 Å². The van der Waals surface area contributed by atoms with Gasteiger partial charge in [-0.05, 0) is 12.8 Å². The molecule has 28 heavy (non-hydrogen) atoms. The predicted molar refractivity (Wildman–Crippen MR) is 101 cm³/mol. The van der Waals surface area contributed by atoms with Crippen molar-refractivity contribution in [3.8, 4) is 0 Å². The molecule has 1 aromatic rings. The van der Waals surface area contributed by atoms with E-state index < -0.39 is 12.2 Å². The van der Waals surface area contributed by atoms with E-state index in [4.69, 9.17) is 10.1 Å². The van der Waals surface area contributed by atoms with E-state index >= 15 is 0 Å². The number of thioether (sulfide) groups is 1. The molecule has 7 nitrogen and oxygen atoms in total. The van der Waals surface area contributed by atoms with Crippen molar-refractivity contribution in [2.75, 3.05) is 36.1 Å². The molecule has 1 fully saturated rings. The van der Waals surface area contributed by atoms with Crippen LogP contribution in [-0.2, 0) is 11.3 Å². The molecule has 1 N–H and O–H groups in total. The molecule has 4 rings (SSSR count). The molecule has 3 aliphatic rings. The Hall–Kier alpha value is -2.01. The first-order chi connectivity index (χ1) is 13.4. The molecule has 4 heterocycles. The number of hydrogen-bond donors (Lipinski definition) is 1. The minimum atomic E-state index is -4.44. The zero-order valence-electron chi connectivity index (χ0n) is 15.0. The van der Waals surface area contributed by atoms with Crippen LogP contribution >= 0.6 is 11.8 Å². The topological polar surface area (TPSA) is 74.5 Å². The number of aromatic nitrogens is 2. The van der Waals surface area contributed by atoms with Crippen LogP contribution in [0.4, 0.5) is 24.9 Å². The number of halogens is 3. The zero-order valence-corrected chi connectivity index (χ0v) is 15.8. The van der Waals surface area contributed by atoms with E-state index in [0.29, 0.717) is 36.9 Å². The average Bonchev–Trinajstić information content (AvgIpc) is 2.65. The third-order valence-electron chi connectivity index (χ3n) is 5.29. The third-order valence-corrected chi connectivity index (χ3v) is 6.00. The molecular formula is C17H20F3N5O2S. The highest BCUT2D eigenvalue weighted by atomic mass is 32.2. The largest absolute Gasteiger partial charge is 0.408 e. The average molecular weight is 415 g/mol. The number of nitrogens with one attached hydrogen (secondary N) is 1. The molecule has 1 saturated heterocycles. The summed E-state index contributed by atoms with van der Waals surface area (Å²) in [5.74, 6) is 0.439. The smallest absolute Gasteiger partial charge is 0.377 e. The summed E-state index contributed by atoms with van der Waals surface area (Å²) in [7, 11) is 0. The van der Waals surface area contributed by atoms with Gasteiger partial charge in [0, 0.05) is 24.1 Å². The Morgan fingerprint density at radius 1 is 1.32 bits per heavy atom. The molecule has 0 aliphatic carbocycles. The van der Waals surface area contributed by atoms with Crippen molar-refractivity contribution < 1.29 is 17.9 Å². The predicted octanol–water partition coefficient (Wildman–Crippen LogP) is 2.22. The normalized spacial score (nSPS) is 26.9. The summed E-state index contributed by atoms with van der Waals surface area (Å²) < 4.78 is 48.1. The van der Waals surface area contributed by atoms with Crippen LogP contribution in [-0.4, -0.2) is 59.7 Å². The van der Waals surface area contributed by atoms with Crippen molar-refractivity contribution in [1.29, 1.82) is 5.41 Å². The van der Waals surface area contributed by atoms with Gasteiger partial charge in [0.05, 0.1) is 31.3 Å². The van der Waals surface area contributed by atoms with Crippen LogP contribution in [0, 0.1) is 5.41 Å². The lowest BCUT2D eigenvalue weighted by Gasteiger charge is -2.42. The van der Waals surface area contributed by atoms with Gasteiger partial charge in [0.25, 0.3) is 5.56 Å². The van der Waals surface area contributed by atoms with Crippen LogP contribution in [0.25, 0.3) is 0 Å². The Morgan fingerprint density at radius 2 is 2.14 bits per heavy atom. The molecule has 2 bridgehead atoms. The van der Waals surface area contributed by atoms with Gasteiger partial charge in [-0.15, -0.1) is 0 Å². The van der Waals surface area contributed by atoms with Gasteiger partial charge in [0.1, 0.15) is 11.9 Å². The minimum absolute atomic E-state index is 0.0224. The van der Waals surface area contributed by atoms with Crippen LogP contribution in [0.3, 0.4) is 0 Å². The van der Waals surface area contributed by atoms with E-state index in [1.807, 2.05) is 11.0 Å². The van der Waals surface area contributed by atoms with Crippen LogP contribution in [0.5, 0.6) is 0 Å². The van der Waals surface area contributed by atoms with E-state index in [0.717, 1.165) is 22.2 Å². The van der Waals surface area contributed by atoms with Crippen LogP contribution in [0.15, 0.2) is 21.8 Å². The Morgan fingerprint density at radius 3 is 2.89 bits per heavy atom. The van der Waals surface area contributed by atoms with Crippen LogP contribution in [0.1, 0.15) is 12.8 Å². The molecule has 3 aliphatic heterocycles. The van der Waals surface area contributed by atoms with Gasteiger partial charge in [0.2, 0.25) is 5.95 Å². The highest BCUT2D eigenvalue weighted by Gasteiger charge is 2.47. The van der Waals surface area contributed by atoms with Gasteiger partial charge in [-0.3, -0.25) is 9.36 Å². The second kappa shape index (κ2) is 7.43. The highest BCUT2D eigenvalue weighted by molar-refractivity contribution is 8.15. The molecular weight excluding hydrogens is 395 g/mol. The number of nitrogens with zero attached hydrogens (tertiary/aromatic N) is 4. The van der Waals surface area contributed by atoms with E-state index in [9.17, 15) is 18.0 Å². The standard InChI is InChI=1S/C17H20F3N5O2S/c18-17(19,20)13-3-4-24-15(26)7-14-22-16(24)25(13)8-12(28-10-21)2-1-11-9-27-6-5-23(11)14/h2,7,10-11,13,21H,1,3-6,8-9H2/b12-2-,21-10?/t11-,13+/m1/s1. The first kappa shape index (κ1) is 19.3. The molecule has 152 valence electrons. The van der Waals surface area contributed by atoms with Crippen molar-refractivity contribution in [2.45, 2.75) is 37.6 Å². The van der Waals surface area contributed by atoms with Gasteiger partial charge in [-0.2, -0.15) is 18.2 Å². The fraction of sp³-hybridized carbons (Fsp3) is 0.588. The zero-order chi connectivity index (χ0) is 19.9. The summed E-state index contributed by atoms with van der Waals surface area (Å²) >= 11 is 1.08. The van der Waals surface area contributed by atoms with Gasteiger partial charge in [-0.1, -0.05) is 17.8 Å². The van der Waals surface area contributed by atoms with E-state index in [2.05, 4.69) is 4.98 Å². The second-order valence-corrected chi connectivity index (χ2v) is 7.94. The quantitative estimate of drug-likeness (QED) is 0.590. The molecule has 11 heteroatoms. The van der Waals surface area contributed by atoms with Gasteiger partial charge >= 0.3 is 6.18 Å². The number of hydrogen-bond acceptors (Lipinski definition) is 7. The van der Waals surface area contributed by atoms with E-state index in [-0.39, 0.29) is 37.1 Å². The molecule has 0 saturated carbocycles. The van der Waals surface area contributed by atoms with E-state index in [1.54, 1.807) is 0 Å². The maximum Gasteiger partial charge on any atom is 0.408 e. The lowest BCUT2D eigenvalue weighted by molar-refractivity contribution is -0.152. The number of ether oxygens (including phenoxy) is 1. The summed E-state index contributed by atoms with van der Waals surface area (Å²) in [6.07, 6.45) is -2.23. The van der Waals surface area contributed by atoms with Crippen molar-refractivity contribution in [3.63, 3.8) is 0 Å². The molecule has 0 aromatic carbocycles. The van der Waals surface area contributed by atoms with Crippen molar-refractivity contribution in [3.05, 3.63) is 27.4 Å². The Balaban J connectivity index is 1.87. The monoisotopic (exact) mass is 415 g/mol. The fourth-order valence-electron chi connectivity index (χ4n) is 3.94. The number of anilines is 2. The van der Waals surface area contributed by atoms with Gasteiger partial charge < -0.3 is 19.9 Å². The summed E-state index contributed by atoms with van der Waals surface area (Å²) in [5.41, 5.74) is 0.762. The SMILES string of the molecule is N=CS/C1=C\C[C@@H]2COCCN2c2cc(=O)n3c(n2)N(C1)[C@H](C(F)(F)F)CC3. The van der Waals surface area contributed by atoms with Gasteiger partial charge in [0.15, 0.2) is 0 Å². The number of fused-ring (bicyclic) bond motifs is 3. The fourth-order valence-corrected chi connectivity index (χ4v) is 4.50. The molecule has 0 spiro atoms. The molecule has 0 radical (unpaired) electrons. The van der Waals surface area contributed by atoms with Crippen LogP contribution in [0.2, 0.25) is 0 Å². The highest BCUT2D eigenvalue weighted by Crippen LogP contribution is 2.36. The lowest BCUT2D eigenvalue weighted by atomic mass is 10.1. The van der Waals surface area contributed by atoms with Crippen molar-refractivity contribution >= 4 is 29.1 Å². The number of morpholine rings is 1. The molecule has 0 unspecified atom stereocenters.